The molecule has 20 heavy (non-hydrogen) atoms. The Morgan fingerprint density at radius 3 is 2.55 bits per heavy atom. The van der Waals surface area contributed by atoms with Crippen molar-refractivity contribution in [3.8, 4) is 11.8 Å². The molecule has 0 atom stereocenters. The Morgan fingerprint density at radius 1 is 1.20 bits per heavy atom. The predicted molar refractivity (Wildman–Crippen MR) is 76.5 cm³/mol. The Balaban J connectivity index is 2.03. The molecule has 2 aromatic carbocycles. The first-order chi connectivity index (χ1) is 9.72. The van der Waals surface area contributed by atoms with Crippen molar-refractivity contribution in [2.24, 2.45) is 0 Å². The van der Waals surface area contributed by atoms with Gasteiger partial charge in [-0.15, -0.1) is 0 Å². The second kappa shape index (κ2) is 6.39. The lowest BCUT2D eigenvalue weighted by atomic mass is 10.1. The van der Waals surface area contributed by atoms with E-state index in [-0.39, 0.29) is 12.3 Å². The molecule has 0 heterocycles. The van der Waals surface area contributed by atoms with Gasteiger partial charge < -0.3 is 10.1 Å². The van der Waals surface area contributed by atoms with Crippen LogP contribution in [0.15, 0.2) is 48.5 Å². The lowest BCUT2D eigenvalue weighted by Gasteiger charge is -2.09. The lowest BCUT2D eigenvalue weighted by molar-refractivity contribution is -0.115. The Morgan fingerprint density at radius 2 is 1.90 bits per heavy atom. The van der Waals surface area contributed by atoms with Gasteiger partial charge in [-0.3, -0.25) is 4.79 Å². The summed E-state index contributed by atoms with van der Waals surface area (Å²) in [6, 6.07) is 16.3. The summed E-state index contributed by atoms with van der Waals surface area (Å²) in [4.78, 5) is 12.0. The van der Waals surface area contributed by atoms with Gasteiger partial charge in [-0.25, -0.2) is 0 Å². The first-order valence-electron chi connectivity index (χ1n) is 6.15. The number of benzene rings is 2. The van der Waals surface area contributed by atoms with E-state index in [1.54, 1.807) is 43.5 Å². The maximum absolute atomic E-state index is 12.0. The van der Waals surface area contributed by atoms with E-state index in [0.29, 0.717) is 17.0 Å². The molecule has 0 radical (unpaired) electrons. The van der Waals surface area contributed by atoms with Crippen molar-refractivity contribution in [2.45, 2.75) is 6.42 Å². The van der Waals surface area contributed by atoms with Gasteiger partial charge in [-0.1, -0.05) is 24.3 Å². The molecule has 0 unspecified atom stereocenters. The predicted octanol–water partition coefficient (Wildman–Crippen LogP) is 2.75. The lowest BCUT2D eigenvalue weighted by Crippen LogP contribution is -2.14. The molecular weight excluding hydrogens is 252 g/mol. The number of nitriles is 1. The fourth-order valence-electron chi connectivity index (χ4n) is 1.82. The van der Waals surface area contributed by atoms with E-state index in [0.717, 1.165) is 5.56 Å². The Labute approximate surface area is 117 Å². The number of carbonyl (C=O) groups is 1. The molecule has 0 fully saturated rings. The van der Waals surface area contributed by atoms with Crippen LogP contribution in [0.1, 0.15) is 11.1 Å². The highest BCUT2D eigenvalue weighted by Crippen LogP contribution is 2.23. The molecule has 2 aromatic rings. The van der Waals surface area contributed by atoms with E-state index in [1.807, 2.05) is 18.2 Å². The van der Waals surface area contributed by atoms with Gasteiger partial charge in [0.2, 0.25) is 5.91 Å². The van der Waals surface area contributed by atoms with Crippen LogP contribution in [-0.2, 0) is 11.2 Å². The number of hydrogen-bond acceptors (Lipinski definition) is 3. The molecule has 100 valence electrons. The molecule has 0 aliphatic carbocycles. The fraction of sp³-hybridized carbons (Fsp3) is 0.125. The molecule has 0 saturated heterocycles. The normalized spacial score (nSPS) is 9.60. The van der Waals surface area contributed by atoms with Crippen LogP contribution in [0.4, 0.5) is 5.69 Å². The number of anilines is 1. The minimum Gasteiger partial charge on any atom is -0.495 e. The highest BCUT2D eigenvalue weighted by atomic mass is 16.5. The summed E-state index contributed by atoms with van der Waals surface area (Å²) >= 11 is 0. The van der Waals surface area contributed by atoms with E-state index in [2.05, 4.69) is 5.32 Å². The molecule has 0 spiro atoms. The van der Waals surface area contributed by atoms with E-state index >= 15 is 0 Å². The zero-order chi connectivity index (χ0) is 14.4. The number of rotatable bonds is 4. The molecule has 4 heteroatoms. The summed E-state index contributed by atoms with van der Waals surface area (Å²) in [5, 5.41) is 11.5. The van der Waals surface area contributed by atoms with Gasteiger partial charge in [-0.2, -0.15) is 5.26 Å². The SMILES string of the molecule is COc1ccccc1NC(=O)Cc1ccc(C#N)cc1. The van der Waals surface area contributed by atoms with Gasteiger partial charge in [0.1, 0.15) is 5.75 Å². The number of para-hydroxylation sites is 2. The second-order valence-electron chi connectivity index (χ2n) is 4.23. The molecule has 1 amide bonds. The van der Waals surface area contributed by atoms with Gasteiger partial charge in [0.05, 0.1) is 30.9 Å². The Hall–Kier alpha value is -2.80. The van der Waals surface area contributed by atoms with Gasteiger partial charge in [-0.05, 0) is 29.8 Å². The Kier molecular flexibility index (Phi) is 4.35. The van der Waals surface area contributed by atoms with Gasteiger partial charge in [0.25, 0.3) is 0 Å². The molecule has 0 saturated carbocycles. The maximum Gasteiger partial charge on any atom is 0.228 e. The van der Waals surface area contributed by atoms with Crippen molar-refractivity contribution >= 4 is 11.6 Å². The molecule has 4 nitrogen and oxygen atoms in total. The fourth-order valence-corrected chi connectivity index (χ4v) is 1.82. The summed E-state index contributed by atoms with van der Waals surface area (Å²) in [7, 11) is 1.56. The van der Waals surface area contributed by atoms with Crippen LogP contribution in [0.5, 0.6) is 5.75 Å². The van der Waals surface area contributed by atoms with E-state index in [4.69, 9.17) is 10.00 Å². The average Bonchev–Trinajstić information content (AvgIpc) is 2.48. The van der Waals surface area contributed by atoms with Crippen molar-refractivity contribution in [3.05, 3.63) is 59.7 Å². The van der Waals surface area contributed by atoms with Crippen molar-refractivity contribution in [1.29, 1.82) is 5.26 Å². The summed E-state index contributed by atoms with van der Waals surface area (Å²) in [5.74, 6) is 0.500. The second-order valence-corrected chi connectivity index (χ2v) is 4.23. The minimum atomic E-state index is -0.126. The first kappa shape index (κ1) is 13.6. The van der Waals surface area contributed by atoms with Crippen molar-refractivity contribution in [3.63, 3.8) is 0 Å². The number of ether oxygens (including phenoxy) is 1. The van der Waals surface area contributed by atoms with Gasteiger partial charge in [0.15, 0.2) is 0 Å². The van der Waals surface area contributed by atoms with Crippen LogP contribution in [0, 0.1) is 11.3 Å². The summed E-state index contributed by atoms with van der Waals surface area (Å²) in [5.41, 5.74) is 2.09. The van der Waals surface area contributed by atoms with E-state index in [1.165, 1.54) is 0 Å². The van der Waals surface area contributed by atoms with Crippen LogP contribution in [-0.4, -0.2) is 13.0 Å². The first-order valence-corrected chi connectivity index (χ1v) is 6.15. The van der Waals surface area contributed by atoms with Crippen LogP contribution >= 0.6 is 0 Å². The molecular formula is C16H14N2O2. The third-order valence-electron chi connectivity index (χ3n) is 2.83. The number of nitrogens with one attached hydrogen (secondary N) is 1. The smallest absolute Gasteiger partial charge is 0.228 e. The van der Waals surface area contributed by atoms with Crippen LogP contribution < -0.4 is 10.1 Å². The zero-order valence-electron chi connectivity index (χ0n) is 11.1. The molecule has 2 rings (SSSR count). The number of amides is 1. The van der Waals surface area contributed by atoms with E-state index in [9.17, 15) is 4.79 Å². The summed E-state index contributed by atoms with van der Waals surface area (Å²) < 4.78 is 5.18. The van der Waals surface area contributed by atoms with Crippen LogP contribution in [0.2, 0.25) is 0 Å². The maximum atomic E-state index is 12.0. The highest BCUT2D eigenvalue weighted by molar-refractivity contribution is 5.93. The van der Waals surface area contributed by atoms with Crippen molar-refractivity contribution in [2.75, 3.05) is 12.4 Å². The summed E-state index contributed by atoms with van der Waals surface area (Å²) in [6.45, 7) is 0. The largest absolute Gasteiger partial charge is 0.495 e. The molecule has 0 aliphatic rings. The monoisotopic (exact) mass is 266 g/mol. The number of carbonyl (C=O) groups excluding carboxylic acids is 1. The number of nitrogens with zero attached hydrogens (tertiary/aromatic N) is 1. The van der Waals surface area contributed by atoms with Gasteiger partial charge >= 0.3 is 0 Å². The third kappa shape index (κ3) is 3.36. The topological polar surface area (TPSA) is 62.1 Å². The quantitative estimate of drug-likeness (QED) is 0.925. The Bertz CT molecular complexity index is 642. The minimum absolute atomic E-state index is 0.126. The van der Waals surface area contributed by atoms with Gasteiger partial charge in [0, 0.05) is 0 Å². The van der Waals surface area contributed by atoms with E-state index < -0.39 is 0 Å². The standard InChI is InChI=1S/C16H14N2O2/c1-20-15-5-3-2-4-14(15)18-16(19)10-12-6-8-13(11-17)9-7-12/h2-9H,10H2,1H3,(H,18,19). The average molecular weight is 266 g/mol. The van der Waals surface area contributed by atoms with Crippen molar-refractivity contribution in [1.82, 2.24) is 0 Å². The molecule has 1 N–H and O–H groups in total. The number of methoxy groups -OCH3 is 1. The van der Waals surface area contributed by atoms with Crippen molar-refractivity contribution < 1.29 is 9.53 Å². The third-order valence-corrected chi connectivity index (χ3v) is 2.83. The van der Waals surface area contributed by atoms with Crippen LogP contribution in [0.25, 0.3) is 0 Å². The number of hydrogen-bond donors (Lipinski definition) is 1. The molecule has 0 aliphatic heterocycles. The van der Waals surface area contributed by atoms with Crippen LogP contribution in [0.3, 0.4) is 0 Å². The summed E-state index contributed by atoms with van der Waals surface area (Å²) in [6.07, 6.45) is 0.254. The molecule has 0 bridgehead atoms. The molecule has 0 aromatic heterocycles. The zero-order valence-corrected chi connectivity index (χ0v) is 11.1. The highest BCUT2D eigenvalue weighted by Gasteiger charge is 2.07.